The second-order valence-corrected chi connectivity index (χ2v) is 7.20. The van der Waals surface area contributed by atoms with Gasteiger partial charge in [-0.25, -0.2) is 4.39 Å². The van der Waals surface area contributed by atoms with Crippen LogP contribution in [0.1, 0.15) is 30.9 Å². The highest BCUT2D eigenvalue weighted by atomic mass is 19.1. The molecular formula is C19H21FN4O2. The molecule has 2 heterocycles. The van der Waals surface area contributed by atoms with Gasteiger partial charge in [0.25, 0.3) is 0 Å². The van der Waals surface area contributed by atoms with Crippen molar-refractivity contribution in [3.05, 3.63) is 48.0 Å². The fourth-order valence-electron chi connectivity index (χ4n) is 3.58. The Balaban J connectivity index is 1.51. The van der Waals surface area contributed by atoms with Crippen LogP contribution in [0.25, 0.3) is 0 Å². The summed E-state index contributed by atoms with van der Waals surface area (Å²) in [6, 6.07) is 5.60. The fraction of sp³-hybridized carbons (Fsp3) is 0.421. The lowest BCUT2D eigenvalue weighted by Crippen LogP contribution is -2.30. The van der Waals surface area contributed by atoms with Gasteiger partial charge >= 0.3 is 0 Å². The predicted octanol–water partition coefficient (Wildman–Crippen LogP) is 2.59. The van der Waals surface area contributed by atoms with E-state index in [4.69, 9.17) is 0 Å². The highest BCUT2D eigenvalue weighted by Gasteiger charge is 2.42. The maximum atomic E-state index is 13.6. The maximum absolute atomic E-state index is 13.6. The summed E-state index contributed by atoms with van der Waals surface area (Å²) < 4.78 is 15.5. The van der Waals surface area contributed by atoms with Gasteiger partial charge in [-0.05, 0) is 36.5 Å². The fourth-order valence-corrected chi connectivity index (χ4v) is 3.58. The van der Waals surface area contributed by atoms with Crippen LogP contribution in [0.4, 0.5) is 10.1 Å². The third kappa shape index (κ3) is 3.34. The quantitative estimate of drug-likeness (QED) is 0.895. The van der Waals surface area contributed by atoms with Gasteiger partial charge in [-0.15, -0.1) is 0 Å². The molecule has 2 amide bonds. The van der Waals surface area contributed by atoms with E-state index in [1.165, 1.54) is 29.9 Å². The SMILES string of the molecule is CN1C(=O)C[C@H](C(=O)Nc2cnn(CC3CC3)c2)[C@H]1c1cccc(F)c1. The molecule has 1 aliphatic carbocycles. The first-order valence-electron chi connectivity index (χ1n) is 8.85. The zero-order valence-electron chi connectivity index (χ0n) is 14.6. The van der Waals surface area contributed by atoms with Crippen LogP contribution in [-0.4, -0.2) is 33.5 Å². The van der Waals surface area contributed by atoms with Gasteiger partial charge in [-0.2, -0.15) is 5.10 Å². The van der Waals surface area contributed by atoms with Crippen molar-refractivity contribution in [2.45, 2.75) is 31.8 Å². The van der Waals surface area contributed by atoms with Crippen molar-refractivity contribution in [3.63, 3.8) is 0 Å². The third-order valence-corrected chi connectivity index (χ3v) is 5.16. The van der Waals surface area contributed by atoms with Gasteiger partial charge in [0.1, 0.15) is 5.82 Å². The summed E-state index contributed by atoms with van der Waals surface area (Å²) in [5.74, 6) is -0.625. The average Bonchev–Trinajstić information content (AvgIpc) is 3.23. The van der Waals surface area contributed by atoms with Crippen LogP contribution >= 0.6 is 0 Å². The third-order valence-electron chi connectivity index (χ3n) is 5.16. The standard InChI is InChI=1S/C19H21FN4O2/c1-23-17(25)8-16(18(23)13-3-2-4-14(20)7-13)19(26)22-15-9-21-24(11-15)10-12-5-6-12/h2-4,7,9,11-12,16,18H,5-6,8,10H2,1H3,(H,22,26)/t16-,18+/m0/s1. The van der Waals surface area contributed by atoms with E-state index in [1.54, 1.807) is 25.4 Å². The number of rotatable bonds is 5. The van der Waals surface area contributed by atoms with Gasteiger partial charge in [-0.1, -0.05) is 12.1 Å². The molecule has 6 nitrogen and oxygen atoms in total. The number of anilines is 1. The maximum Gasteiger partial charge on any atom is 0.230 e. The smallest absolute Gasteiger partial charge is 0.230 e. The van der Waals surface area contributed by atoms with Gasteiger partial charge in [0.05, 0.1) is 23.8 Å². The molecule has 26 heavy (non-hydrogen) atoms. The number of nitrogens with zero attached hydrogens (tertiary/aromatic N) is 3. The summed E-state index contributed by atoms with van der Waals surface area (Å²) in [6.07, 6.45) is 6.01. The number of hydrogen-bond acceptors (Lipinski definition) is 3. The van der Waals surface area contributed by atoms with E-state index in [2.05, 4.69) is 10.4 Å². The van der Waals surface area contributed by atoms with Gasteiger partial charge < -0.3 is 10.2 Å². The highest BCUT2D eigenvalue weighted by molar-refractivity contribution is 5.97. The molecule has 2 atom stereocenters. The minimum Gasteiger partial charge on any atom is -0.338 e. The Morgan fingerprint density at radius 3 is 2.92 bits per heavy atom. The Hall–Kier alpha value is -2.70. The van der Waals surface area contributed by atoms with Crippen LogP contribution in [0.15, 0.2) is 36.7 Å². The molecule has 4 rings (SSSR count). The number of benzene rings is 1. The zero-order chi connectivity index (χ0) is 18.3. The summed E-state index contributed by atoms with van der Waals surface area (Å²) in [7, 11) is 1.65. The summed E-state index contributed by atoms with van der Waals surface area (Å²) in [5.41, 5.74) is 1.25. The van der Waals surface area contributed by atoms with Crippen LogP contribution in [0.2, 0.25) is 0 Å². The molecule has 1 aromatic carbocycles. The van der Waals surface area contributed by atoms with Crippen LogP contribution in [0, 0.1) is 17.7 Å². The van der Waals surface area contributed by atoms with Crippen molar-refractivity contribution in [1.29, 1.82) is 0 Å². The lowest BCUT2D eigenvalue weighted by Gasteiger charge is -2.24. The number of carbonyl (C=O) groups excluding carboxylic acids is 2. The van der Waals surface area contributed by atoms with Crippen molar-refractivity contribution >= 4 is 17.5 Å². The lowest BCUT2D eigenvalue weighted by atomic mass is 9.93. The molecule has 0 bridgehead atoms. The largest absolute Gasteiger partial charge is 0.338 e. The van der Waals surface area contributed by atoms with Crippen molar-refractivity contribution in [3.8, 4) is 0 Å². The second kappa shape index (κ2) is 6.55. The first kappa shape index (κ1) is 16.8. The molecule has 2 aromatic rings. The number of aromatic nitrogens is 2. The molecule has 1 aromatic heterocycles. The topological polar surface area (TPSA) is 67.2 Å². The molecule has 0 unspecified atom stereocenters. The minimum atomic E-state index is -0.568. The van der Waals surface area contributed by atoms with Crippen molar-refractivity contribution in [2.75, 3.05) is 12.4 Å². The molecule has 1 saturated carbocycles. The van der Waals surface area contributed by atoms with E-state index in [-0.39, 0.29) is 24.1 Å². The average molecular weight is 356 g/mol. The van der Waals surface area contributed by atoms with E-state index in [9.17, 15) is 14.0 Å². The molecule has 1 N–H and O–H groups in total. The first-order chi connectivity index (χ1) is 12.5. The van der Waals surface area contributed by atoms with Gasteiger partial charge in [0.15, 0.2) is 0 Å². The number of carbonyl (C=O) groups is 2. The van der Waals surface area contributed by atoms with Crippen LogP contribution in [0.3, 0.4) is 0 Å². The van der Waals surface area contributed by atoms with E-state index in [0.717, 1.165) is 6.54 Å². The van der Waals surface area contributed by atoms with E-state index in [1.807, 2.05) is 10.9 Å². The normalized spacial score (nSPS) is 22.7. The Morgan fingerprint density at radius 1 is 1.38 bits per heavy atom. The Bertz CT molecular complexity index is 846. The monoisotopic (exact) mass is 356 g/mol. The van der Waals surface area contributed by atoms with Gasteiger partial charge in [-0.3, -0.25) is 14.3 Å². The van der Waals surface area contributed by atoms with Crippen molar-refractivity contribution in [2.24, 2.45) is 11.8 Å². The highest BCUT2D eigenvalue weighted by Crippen LogP contribution is 2.38. The molecule has 0 radical (unpaired) electrons. The summed E-state index contributed by atoms with van der Waals surface area (Å²) in [4.78, 5) is 26.5. The summed E-state index contributed by atoms with van der Waals surface area (Å²) in [6.45, 7) is 0.867. The van der Waals surface area contributed by atoms with Gasteiger partial charge in [0.2, 0.25) is 11.8 Å². The number of amides is 2. The van der Waals surface area contributed by atoms with Crippen LogP contribution < -0.4 is 5.32 Å². The molecule has 2 fully saturated rings. The Kier molecular flexibility index (Phi) is 4.22. The predicted molar refractivity (Wildman–Crippen MR) is 93.6 cm³/mol. The number of hydrogen-bond donors (Lipinski definition) is 1. The van der Waals surface area contributed by atoms with Gasteiger partial charge in [0, 0.05) is 26.2 Å². The summed E-state index contributed by atoms with van der Waals surface area (Å²) >= 11 is 0. The van der Waals surface area contributed by atoms with Crippen LogP contribution in [-0.2, 0) is 16.1 Å². The number of halogens is 1. The number of likely N-dealkylation sites (tertiary alicyclic amines) is 1. The van der Waals surface area contributed by atoms with E-state index in [0.29, 0.717) is 17.2 Å². The van der Waals surface area contributed by atoms with Crippen molar-refractivity contribution in [1.82, 2.24) is 14.7 Å². The zero-order valence-corrected chi connectivity index (χ0v) is 14.6. The van der Waals surface area contributed by atoms with Crippen molar-refractivity contribution < 1.29 is 14.0 Å². The minimum absolute atomic E-state index is 0.111. The second-order valence-electron chi connectivity index (χ2n) is 7.20. The molecule has 0 spiro atoms. The molecule has 7 heteroatoms. The van der Waals surface area contributed by atoms with E-state index < -0.39 is 12.0 Å². The first-order valence-corrected chi connectivity index (χ1v) is 8.85. The van der Waals surface area contributed by atoms with Crippen LogP contribution in [0.5, 0.6) is 0 Å². The molecule has 2 aliphatic rings. The lowest BCUT2D eigenvalue weighted by molar-refractivity contribution is -0.128. The molecule has 136 valence electrons. The molecule has 1 saturated heterocycles. The summed E-state index contributed by atoms with van der Waals surface area (Å²) in [5, 5.41) is 7.13. The molecule has 1 aliphatic heterocycles. The Morgan fingerprint density at radius 2 is 2.19 bits per heavy atom. The Labute approximate surface area is 151 Å². The number of nitrogens with one attached hydrogen (secondary N) is 1. The van der Waals surface area contributed by atoms with E-state index >= 15 is 0 Å². The molecular weight excluding hydrogens is 335 g/mol.